The smallest absolute Gasteiger partial charge is 0.225 e. The molecule has 3 heterocycles. The van der Waals surface area contributed by atoms with Crippen LogP contribution in [-0.2, 0) is 17.8 Å². The van der Waals surface area contributed by atoms with Crippen LogP contribution in [0.4, 0.5) is 4.39 Å². The SMILES string of the molecule is O=C(C1CC1)N1CCC2(Cc3ncc(-c4ccc(F)cc4)n3C2)C1. The maximum Gasteiger partial charge on any atom is 0.225 e. The van der Waals surface area contributed by atoms with Crippen molar-refractivity contribution in [3.8, 4) is 11.3 Å². The third-order valence-corrected chi connectivity index (χ3v) is 5.78. The Hall–Kier alpha value is -2.17. The first-order valence-corrected chi connectivity index (χ1v) is 8.73. The maximum atomic E-state index is 13.2. The van der Waals surface area contributed by atoms with E-state index in [-0.39, 0.29) is 11.2 Å². The van der Waals surface area contributed by atoms with Crippen molar-refractivity contribution < 1.29 is 9.18 Å². The van der Waals surface area contributed by atoms with E-state index in [1.807, 2.05) is 18.3 Å². The van der Waals surface area contributed by atoms with Gasteiger partial charge in [-0.2, -0.15) is 0 Å². The van der Waals surface area contributed by atoms with Crippen LogP contribution in [0.1, 0.15) is 25.1 Å². The molecule has 0 radical (unpaired) electrons. The molecule has 1 aliphatic carbocycles. The van der Waals surface area contributed by atoms with Crippen LogP contribution in [0, 0.1) is 17.2 Å². The number of benzene rings is 1. The van der Waals surface area contributed by atoms with Gasteiger partial charge in [-0.3, -0.25) is 4.79 Å². The molecule has 4 nitrogen and oxygen atoms in total. The Morgan fingerprint density at radius 1 is 1.21 bits per heavy atom. The van der Waals surface area contributed by atoms with Gasteiger partial charge >= 0.3 is 0 Å². The Morgan fingerprint density at radius 3 is 2.75 bits per heavy atom. The van der Waals surface area contributed by atoms with Crippen LogP contribution < -0.4 is 0 Å². The summed E-state index contributed by atoms with van der Waals surface area (Å²) in [5.74, 6) is 1.53. The summed E-state index contributed by atoms with van der Waals surface area (Å²) in [4.78, 5) is 19.0. The first-order chi connectivity index (χ1) is 11.6. The van der Waals surface area contributed by atoms with Crippen molar-refractivity contribution >= 4 is 5.91 Å². The largest absolute Gasteiger partial charge is 0.342 e. The van der Waals surface area contributed by atoms with E-state index >= 15 is 0 Å². The summed E-state index contributed by atoms with van der Waals surface area (Å²) in [5.41, 5.74) is 2.19. The summed E-state index contributed by atoms with van der Waals surface area (Å²) < 4.78 is 15.4. The molecular weight excluding hydrogens is 305 g/mol. The number of rotatable bonds is 2. The van der Waals surface area contributed by atoms with E-state index in [2.05, 4.69) is 14.5 Å². The summed E-state index contributed by atoms with van der Waals surface area (Å²) >= 11 is 0. The minimum Gasteiger partial charge on any atom is -0.342 e. The second-order valence-corrected chi connectivity index (χ2v) is 7.61. The summed E-state index contributed by atoms with van der Waals surface area (Å²) in [7, 11) is 0. The lowest BCUT2D eigenvalue weighted by Gasteiger charge is -2.23. The third kappa shape index (κ3) is 2.18. The second-order valence-electron chi connectivity index (χ2n) is 7.61. The zero-order valence-corrected chi connectivity index (χ0v) is 13.5. The van der Waals surface area contributed by atoms with Gasteiger partial charge in [0.25, 0.3) is 0 Å². The number of fused-ring (bicyclic) bond motifs is 1. The normalized spacial score (nSPS) is 25.5. The summed E-state index contributed by atoms with van der Waals surface area (Å²) in [6.45, 7) is 2.64. The average molecular weight is 325 g/mol. The van der Waals surface area contributed by atoms with Crippen LogP contribution in [0.2, 0.25) is 0 Å². The third-order valence-electron chi connectivity index (χ3n) is 5.78. The number of likely N-dealkylation sites (tertiary alicyclic amines) is 1. The van der Waals surface area contributed by atoms with Gasteiger partial charge in [0.2, 0.25) is 5.91 Å². The van der Waals surface area contributed by atoms with E-state index in [1.165, 1.54) is 12.1 Å². The van der Waals surface area contributed by atoms with Crippen molar-refractivity contribution in [1.29, 1.82) is 0 Å². The summed E-state index contributed by atoms with van der Waals surface area (Å²) in [6.07, 6.45) is 6.01. The van der Waals surface area contributed by atoms with Crippen LogP contribution in [-0.4, -0.2) is 33.4 Å². The molecule has 3 aliphatic rings. The Kier molecular flexibility index (Phi) is 2.91. The monoisotopic (exact) mass is 325 g/mol. The van der Waals surface area contributed by atoms with Crippen LogP contribution in [0.3, 0.4) is 0 Å². The zero-order chi connectivity index (χ0) is 16.3. The topological polar surface area (TPSA) is 38.1 Å². The quantitative estimate of drug-likeness (QED) is 0.851. The minimum atomic E-state index is -0.221. The van der Waals surface area contributed by atoms with E-state index in [0.717, 1.165) is 62.4 Å². The van der Waals surface area contributed by atoms with E-state index in [0.29, 0.717) is 11.8 Å². The predicted molar refractivity (Wildman–Crippen MR) is 87.7 cm³/mol. The van der Waals surface area contributed by atoms with Crippen LogP contribution >= 0.6 is 0 Å². The van der Waals surface area contributed by atoms with Gasteiger partial charge in [-0.25, -0.2) is 9.37 Å². The van der Waals surface area contributed by atoms with Crippen molar-refractivity contribution in [3.05, 3.63) is 42.1 Å². The lowest BCUT2D eigenvalue weighted by molar-refractivity contribution is -0.131. The number of aromatic nitrogens is 2. The highest BCUT2D eigenvalue weighted by molar-refractivity contribution is 5.81. The Morgan fingerprint density at radius 2 is 2.00 bits per heavy atom. The Balaban J connectivity index is 1.39. The number of hydrogen-bond acceptors (Lipinski definition) is 2. The molecule has 24 heavy (non-hydrogen) atoms. The molecular formula is C19H20FN3O. The number of halogens is 1. The standard InChI is InChI=1S/C19H20FN3O/c20-15-5-3-13(4-6-15)16-10-21-17-9-19(12-23(16)17)7-8-22(11-19)18(24)14-1-2-14/h3-6,10,14H,1-2,7-9,11-12H2. The van der Waals surface area contributed by atoms with E-state index in [9.17, 15) is 9.18 Å². The maximum absolute atomic E-state index is 13.2. The van der Waals surface area contributed by atoms with Crippen molar-refractivity contribution in [1.82, 2.24) is 14.5 Å². The first kappa shape index (κ1) is 14.2. The highest BCUT2D eigenvalue weighted by Crippen LogP contribution is 2.44. The molecule has 1 aromatic heterocycles. The van der Waals surface area contributed by atoms with Crippen molar-refractivity contribution in [2.24, 2.45) is 11.3 Å². The predicted octanol–water partition coefficient (Wildman–Crippen LogP) is 2.87. The molecule has 1 amide bonds. The zero-order valence-electron chi connectivity index (χ0n) is 13.5. The van der Waals surface area contributed by atoms with Gasteiger partial charge in [0.15, 0.2) is 0 Å². The second kappa shape index (κ2) is 4.91. The molecule has 2 aliphatic heterocycles. The molecule has 124 valence electrons. The number of carbonyl (C=O) groups excluding carboxylic acids is 1. The lowest BCUT2D eigenvalue weighted by atomic mass is 9.86. The molecule has 0 N–H and O–H groups in total. The number of nitrogens with zero attached hydrogens (tertiary/aromatic N) is 3. The molecule has 1 saturated heterocycles. The van der Waals surface area contributed by atoms with Gasteiger partial charge in [-0.1, -0.05) is 0 Å². The van der Waals surface area contributed by atoms with Crippen molar-refractivity contribution in [3.63, 3.8) is 0 Å². The number of hydrogen-bond donors (Lipinski definition) is 0. The number of carbonyl (C=O) groups is 1. The highest BCUT2D eigenvalue weighted by Gasteiger charge is 2.47. The molecule has 1 unspecified atom stereocenters. The van der Waals surface area contributed by atoms with Gasteiger partial charge in [0.05, 0.1) is 11.9 Å². The number of amides is 1. The fraction of sp³-hybridized carbons (Fsp3) is 0.474. The van der Waals surface area contributed by atoms with Crippen molar-refractivity contribution in [2.75, 3.05) is 13.1 Å². The van der Waals surface area contributed by atoms with Crippen LogP contribution in [0.15, 0.2) is 30.5 Å². The molecule has 1 saturated carbocycles. The summed E-state index contributed by atoms with van der Waals surface area (Å²) in [6, 6.07) is 6.60. The molecule has 1 spiro atoms. The Labute approximate surface area is 140 Å². The molecule has 1 aromatic carbocycles. The Bertz CT molecular complexity index is 809. The van der Waals surface area contributed by atoms with Crippen molar-refractivity contribution in [2.45, 2.75) is 32.2 Å². The average Bonchev–Trinajstić information content (AvgIpc) is 3.11. The molecule has 1 atom stereocenters. The minimum absolute atomic E-state index is 0.142. The molecule has 5 heteroatoms. The fourth-order valence-corrected chi connectivity index (χ4v) is 4.29. The van der Waals surface area contributed by atoms with E-state index in [1.54, 1.807) is 0 Å². The van der Waals surface area contributed by atoms with E-state index < -0.39 is 0 Å². The molecule has 2 aromatic rings. The molecule has 5 rings (SSSR count). The first-order valence-electron chi connectivity index (χ1n) is 8.73. The fourth-order valence-electron chi connectivity index (χ4n) is 4.29. The van der Waals surface area contributed by atoms with Gasteiger partial charge in [0, 0.05) is 37.4 Å². The van der Waals surface area contributed by atoms with Crippen LogP contribution in [0.25, 0.3) is 11.3 Å². The highest BCUT2D eigenvalue weighted by atomic mass is 19.1. The lowest BCUT2D eigenvalue weighted by Crippen LogP contribution is -2.33. The van der Waals surface area contributed by atoms with Gasteiger partial charge < -0.3 is 9.47 Å². The summed E-state index contributed by atoms with van der Waals surface area (Å²) in [5, 5.41) is 0. The van der Waals surface area contributed by atoms with Gasteiger partial charge in [-0.05, 0) is 49.1 Å². The van der Waals surface area contributed by atoms with Gasteiger partial charge in [0.1, 0.15) is 11.6 Å². The molecule has 2 fully saturated rings. The van der Waals surface area contributed by atoms with Gasteiger partial charge in [-0.15, -0.1) is 0 Å². The van der Waals surface area contributed by atoms with Crippen LogP contribution in [0.5, 0.6) is 0 Å². The molecule has 0 bridgehead atoms. The number of imidazole rings is 1. The van der Waals surface area contributed by atoms with E-state index in [4.69, 9.17) is 0 Å².